The summed E-state index contributed by atoms with van der Waals surface area (Å²) < 4.78 is 6.34. The largest absolute Gasteiger partial charge is 0.455 e. The van der Waals surface area contributed by atoms with E-state index in [0.29, 0.717) is 0 Å². The summed E-state index contributed by atoms with van der Waals surface area (Å²) in [6.07, 6.45) is 0. The maximum atomic E-state index is 6.34. The zero-order valence-electron chi connectivity index (χ0n) is 25.1. The molecule has 46 heavy (non-hydrogen) atoms. The summed E-state index contributed by atoms with van der Waals surface area (Å²) in [5, 5.41) is 7.38. The highest BCUT2D eigenvalue weighted by Crippen LogP contribution is 2.40. The molecule has 9 rings (SSSR count). The molecule has 0 radical (unpaired) electrons. The lowest BCUT2D eigenvalue weighted by molar-refractivity contribution is 0.670. The Bertz CT molecular complexity index is 2510. The second-order valence-corrected chi connectivity index (χ2v) is 11.7. The number of rotatable bonds is 5. The Balaban J connectivity index is 1.12. The van der Waals surface area contributed by atoms with Gasteiger partial charge in [-0.3, -0.25) is 0 Å². The average molecular weight is 588 g/mol. The van der Waals surface area contributed by atoms with E-state index in [1.54, 1.807) is 0 Å². The number of hydrogen-bond donors (Lipinski definition) is 0. The van der Waals surface area contributed by atoms with Gasteiger partial charge in [-0.15, -0.1) is 0 Å². The van der Waals surface area contributed by atoms with Crippen LogP contribution in [0.1, 0.15) is 0 Å². The molecule has 0 N–H and O–H groups in total. The van der Waals surface area contributed by atoms with Gasteiger partial charge in [0.15, 0.2) is 0 Å². The Morgan fingerprint density at radius 1 is 0.348 bits per heavy atom. The van der Waals surface area contributed by atoms with Gasteiger partial charge in [0.25, 0.3) is 0 Å². The fourth-order valence-electron chi connectivity index (χ4n) is 6.87. The fraction of sp³-hybridized carbons (Fsp3) is 0. The molecule has 0 unspecified atom stereocenters. The van der Waals surface area contributed by atoms with E-state index in [0.717, 1.165) is 50.1 Å². The lowest BCUT2D eigenvalue weighted by Gasteiger charge is -2.26. The predicted molar refractivity (Wildman–Crippen MR) is 194 cm³/mol. The summed E-state index contributed by atoms with van der Waals surface area (Å²) in [7, 11) is 0. The number of furan rings is 1. The van der Waals surface area contributed by atoms with E-state index in [1.807, 2.05) is 12.1 Å². The van der Waals surface area contributed by atoms with E-state index in [1.165, 1.54) is 32.7 Å². The maximum absolute atomic E-state index is 6.34. The number of para-hydroxylation sites is 3. The minimum Gasteiger partial charge on any atom is -0.455 e. The zero-order chi connectivity index (χ0) is 30.5. The van der Waals surface area contributed by atoms with Crippen LogP contribution >= 0.6 is 0 Å². The molecule has 0 aliphatic carbocycles. The molecule has 8 aromatic carbocycles. The first kappa shape index (κ1) is 26.3. The Morgan fingerprint density at radius 2 is 0.891 bits per heavy atom. The second kappa shape index (κ2) is 10.8. The van der Waals surface area contributed by atoms with Crippen LogP contribution in [0.15, 0.2) is 180 Å². The quantitative estimate of drug-likeness (QED) is 0.186. The number of benzene rings is 8. The van der Waals surface area contributed by atoms with E-state index in [9.17, 15) is 0 Å². The summed E-state index contributed by atoms with van der Waals surface area (Å²) in [5.74, 6) is 0. The lowest BCUT2D eigenvalue weighted by Crippen LogP contribution is -2.09. The SMILES string of the molecule is c1ccc(N(c2ccc(-c3cc4ccccc4c4ccccc34)cc2)c2ccc(-c3cccc4c3oc3ccccc34)cc2)cc1. The molecule has 0 spiro atoms. The number of hydrogen-bond acceptors (Lipinski definition) is 2. The molecule has 0 saturated carbocycles. The number of anilines is 3. The topological polar surface area (TPSA) is 16.4 Å². The molecule has 0 saturated heterocycles. The molecule has 0 fully saturated rings. The van der Waals surface area contributed by atoms with Crippen molar-refractivity contribution in [1.29, 1.82) is 0 Å². The van der Waals surface area contributed by atoms with Crippen molar-refractivity contribution < 1.29 is 4.42 Å². The minimum absolute atomic E-state index is 0.914. The number of fused-ring (bicyclic) bond motifs is 6. The van der Waals surface area contributed by atoms with Gasteiger partial charge >= 0.3 is 0 Å². The monoisotopic (exact) mass is 587 g/mol. The summed E-state index contributed by atoms with van der Waals surface area (Å²) in [4.78, 5) is 2.31. The smallest absolute Gasteiger partial charge is 0.143 e. The van der Waals surface area contributed by atoms with Crippen LogP contribution in [0.5, 0.6) is 0 Å². The van der Waals surface area contributed by atoms with Gasteiger partial charge in [-0.25, -0.2) is 0 Å². The van der Waals surface area contributed by atoms with Gasteiger partial charge in [0.1, 0.15) is 11.2 Å². The van der Waals surface area contributed by atoms with Gasteiger partial charge in [0, 0.05) is 33.4 Å². The fourth-order valence-corrected chi connectivity index (χ4v) is 6.87. The molecule has 0 bridgehead atoms. The van der Waals surface area contributed by atoms with E-state index >= 15 is 0 Å². The third kappa shape index (κ3) is 4.35. The molecule has 0 amide bonds. The molecule has 1 heterocycles. The lowest BCUT2D eigenvalue weighted by atomic mass is 9.93. The van der Waals surface area contributed by atoms with Crippen LogP contribution in [0.4, 0.5) is 17.1 Å². The van der Waals surface area contributed by atoms with E-state index in [2.05, 4.69) is 169 Å². The van der Waals surface area contributed by atoms with Crippen LogP contribution in [-0.4, -0.2) is 0 Å². The molecule has 2 heteroatoms. The third-order valence-corrected chi connectivity index (χ3v) is 9.06. The Labute approximate surface area is 267 Å². The number of nitrogens with zero attached hydrogens (tertiary/aromatic N) is 1. The third-order valence-electron chi connectivity index (χ3n) is 9.06. The van der Waals surface area contributed by atoms with Gasteiger partial charge in [-0.2, -0.15) is 0 Å². The van der Waals surface area contributed by atoms with Crippen LogP contribution in [0, 0.1) is 0 Å². The van der Waals surface area contributed by atoms with Crippen molar-refractivity contribution in [2.45, 2.75) is 0 Å². The van der Waals surface area contributed by atoms with Gasteiger partial charge < -0.3 is 9.32 Å². The molecule has 9 aromatic rings. The second-order valence-electron chi connectivity index (χ2n) is 11.7. The first-order valence-corrected chi connectivity index (χ1v) is 15.7. The highest BCUT2D eigenvalue weighted by Gasteiger charge is 2.16. The highest BCUT2D eigenvalue weighted by atomic mass is 16.3. The van der Waals surface area contributed by atoms with Gasteiger partial charge in [0.2, 0.25) is 0 Å². The van der Waals surface area contributed by atoms with E-state index in [4.69, 9.17) is 4.42 Å². The Hall–Kier alpha value is -6.12. The van der Waals surface area contributed by atoms with E-state index in [-0.39, 0.29) is 0 Å². The molecular weight excluding hydrogens is 558 g/mol. The molecule has 1 aromatic heterocycles. The van der Waals surface area contributed by atoms with Gasteiger partial charge in [-0.05, 0) is 86.8 Å². The highest BCUT2D eigenvalue weighted by molar-refractivity contribution is 6.14. The van der Waals surface area contributed by atoms with Crippen LogP contribution in [0.3, 0.4) is 0 Å². The summed E-state index contributed by atoms with van der Waals surface area (Å²) in [5.41, 5.74) is 9.81. The Kier molecular flexibility index (Phi) is 6.17. The molecule has 2 nitrogen and oxygen atoms in total. The van der Waals surface area contributed by atoms with Crippen LogP contribution in [-0.2, 0) is 0 Å². The molecule has 0 aliphatic rings. The van der Waals surface area contributed by atoms with Crippen molar-refractivity contribution in [3.63, 3.8) is 0 Å². The first-order valence-electron chi connectivity index (χ1n) is 15.7. The van der Waals surface area contributed by atoms with Crippen LogP contribution < -0.4 is 4.90 Å². The maximum Gasteiger partial charge on any atom is 0.143 e. The van der Waals surface area contributed by atoms with E-state index < -0.39 is 0 Å². The van der Waals surface area contributed by atoms with Crippen LogP contribution in [0.2, 0.25) is 0 Å². The average Bonchev–Trinajstić information content (AvgIpc) is 3.52. The van der Waals surface area contributed by atoms with Crippen LogP contribution in [0.25, 0.3) is 65.7 Å². The van der Waals surface area contributed by atoms with Gasteiger partial charge in [0.05, 0.1) is 0 Å². The molecular formula is C44H29NO. The van der Waals surface area contributed by atoms with Crippen molar-refractivity contribution in [3.8, 4) is 22.3 Å². The standard InChI is InChI=1S/C44H29NO/c1-2-12-33(13-3-1)45(34-25-21-30(22-26-34)37-18-10-19-41-40-17-8-9-20-43(40)46-44(37)41)35-27-23-31(24-28-35)42-29-32-11-4-5-14-36(32)38-15-6-7-16-39(38)42/h1-29H. The molecule has 216 valence electrons. The summed E-state index contributed by atoms with van der Waals surface area (Å²) in [6, 6.07) is 62.7. The van der Waals surface area contributed by atoms with Crippen molar-refractivity contribution in [2.24, 2.45) is 0 Å². The minimum atomic E-state index is 0.914. The zero-order valence-corrected chi connectivity index (χ0v) is 25.1. The van der Waals surface area contributed by atoms with Crippen molar-refractivity contribution in [2.75, 3.05) is 4.90 Å². The molecule has 0 aliphatic heterocycles. The van der Waals surface area contributed by atoms with Gasteiger partial charge in [-0.1, -0.05) is 127 Å². The van der Waals surface area contributed by atoms with Crippen molar-refractivity contribution in [1.82, 2.24) is 0 Å². The van der Waals surface area contributed by atoms with Crippen molar-refractivity contribution >= 4 is 60.5 Å². The predicted octanol–water partition coefficient (Wildman–Crippen LogP) is 12.7. The molecule has 0 atom stereocenters. The van der Waals surface area contributed by atoms with Crippen molar-refractivity contribution in [3.05, 3.63) is 176 Å². The summed E-state index contributed by atoms with van der Waals surface area (Å²) >= 11 is 0. The summed E-state index contributed by atoms with van der Waals surface area (Å²) in [6.45, 7) is 0. The first-order chi connectivity index (χ1) is 22.8. The normalized spacial score (nSPS) is 11.5. The Morgan fingerprint density at radius 3 is 1.63 bits per heavy atom.